The Bertz CT molecular complexity index is 620. The van der Waals surface area contributed by atoms with E-state index in [2.05, 4.69) is 16.3 Å². The first kappa shape index (κ1) is 10.7. The molecule has 0 bridgehead atoms. The van der Waals surface area contributed by atoms with Gasteiger partial charge in [-0.3, -0.25) is 4.55 Å². The summed E-state index contributed by atoms with van der Waals surface area (Å²) in [5.74, 6) is 0. The smallest absolute Gasteiger partial charge is 0.282 e. The average Bonchev–Trinajstić information content (AvgIpc) is 2.16. The zero-order valence-electron chi connectivity index (χ0n) is 7.71. The van der Waals surface area contributed by atoms with Crippen LogP contribution in [0.15, 0.2) is 41.3 Å². The van der Waals surface area contributed by atoms with Gasteiger partial charge in [0.2, 0.25) is 0 Å². The molecule has 2 aromatic carbocycles. The lowest BCUT2D eigenvalue weighted by atomic mass is 10.1. The van der Waals surface area contributed by atoms with E-state index in [9.17, 15) is 8.42 Å². The molecular weight excluding hydrogens is 227 g/mol. The summed E-state index contributed by atoms with van der Waals surface area (Å²) in [6.07, 6.45) is 0. The van der Waals surface area contributed by atoms with Crippen LogP contribution in [0.2, 0.25) is 0 Å². The molecule has 3 nitrogen and oxygen atoms in total. The Balaban J connectivity index is 2.88. The lowest BCUT2D eigenvalue weighted by Crippen LogP contribution is -2.15. The molecule has 0 heterocycles. The largest absolute Gasteiger partial charge is 0.293 e. The third kappa shape index (κ3) is 1.92. The molecule has 0 unspecified atom stereocenters. The van der Waals surface area contributed by atoms with Crippen LogP contribution < -0.4 is 4.43 Å². The minimum atomic E-state index is -4.15. The normalized spacial score (nSPS) is 11.8. The van der Waals surface area contributed by atoms with E-state index in [1.807, 2.05) is 24.3 Å². The summed E-state index contributed by atoms with van der Waals surface area (Å²) < 4.78 is 31.6. The second-order valence-electron chi connectivity index (χ2n) is 3.17. The number of rotatable bonds is 1. The highest BCUT2D eigenvalue weighted by Crippen LogP contribution is 2.15. The Morgan fingerprint density at radius 1 is 1.07 bits per heavy atom. The molecule has 0 saturated carbocycles. The van der Waals surface area contributed by atoms with Crippen molar-refractivity contribution >= 4 is 41.6 Å². The predicted octanol–water partition coefficient (Wildman–Crippen LogP) is 0.880. The highest BCUT2D eigenvalue weighted by Gasteiger charge is 2.12. The third-order valence-electron chi connectivity index (χ3n) is 2.21. The maximum Gasteiger partial charge on any atom is 0.293 e. The van der Waals surface area contributed by atoms with Crippen LogP contribution in [0, 0.1) is 0 Å². The van der Waals surface area contributed by atoms with Crippen LogP contribution in [0.4, 0.5) is 0 Å². The van der Waals surface area contributed by atoms with E-state index in [1.54, 1.807) is 6.07 Å². The molecule has 0 atom stereocenters. The average molecular weight is 234 g/mol. The van der Waals surface area contributed by atoms with Crippen LogP contribution in [0.5, 0.6) is 0 Å². The van der Waals surface area contributed by atoms with Gasteiger partial charge in [0.05, 0.1) is 4.90 Å². The van der Waals surface area contributed by atoms with E-state index < -0.39 is 10.1 Å². The summed E-state index contributed by atoms with van der Waals surface area (Å²) >= 11 is 2.35. The molecule has 0 aliphatic rings. The molecule has 74 valence electrons. The fourth-order valence-electron chi connectivity index (χ4n) is 1.50. The van der Waals surface area contributed by atoms with Crippen molar-refractivity contribution in [3.63, 3.8) is 0 Å². The molecule has 0 aliphatic carbocycles. The van der Waals surface area contributed by atoms with Gasteiger partial charge in [0, 0.05) is 0 Å². The third-order valence-corrected chi connectivity index (χ3v) is 3.95. The maximum absolute atomic E-state index is 11.0. The summed E-state index contributed by atoms with van der Waals surface area (Å²) in [6, 6.07) is 10.5. The first-order chi connectivity index (χ1) is 7.00. The number of benzene rings is 2. The predicted molar refractivity (Wildman–Crippen MR) is 59.2 cm³/mol. The van der Waals surface area contributed by atoms with E-state index in [1.165, 1.54) is 6.07 Å². The van der Waals surface area contributed by atoms with E-state index in [0.29, 0.717) is 4.43 Å². The highest BCUT2D eigenvalue weighted by molar-refractivity contribution is 7.86. The lowest BCUT2D eigenvalue weighted by Gasteiger charge is -2.07. The molecule has 0 spiro atoms. The molecule has 15 heavy (non-hydrogen) atoms. The summed E-state index contributed by atoms with van der Waals surface area (Å²) in [5.41, 5.74) is 0. The van der Waals surface area contributed by atoms with Crippen LogP contribution in [0.1, 0.15) is 0 Å². The van der Waals surface area contributed by atoms with Crippen molar-refractivity contribution < 1.29 is 13.0 Å². The van der Waals surface area contributed by atoms with Gasteiger partial charge in [-0.15, -0.1) is 4.43 Å². The van der Waals surface area contributed by atoms with Crippen LogP contribution in [0.3, 0.4) is 0 Å². The molecular formula is C10H7AlO3S. The van der Waals surface area contributed by atoms with Gasteiger partial charge in [0.1, 0.15) is 0 Å². The molecule has 1 N–H and O–H groups in total. The second kappa shape index (κ2) is 3.62. The summed E-state index contributed by atoms with van der Waals surface area (Å²) in [5, 5.41) is 1.74. The van der Waals surface area contributed by atoms with Gasteiger partial charge in [-0.05, 0) is 16.8 Å². The molecule has 5 heteroatoms. The minimum Gasteiger partial charge on any atom is -0.282 e. The van der Waals surface area contributed by atoms with Gasteiger partial charge in [-0.1, -0.05) is 30.3 Å². The molecule has 0 saturated heterocycles. The molecule has 2 rings (SSSR count). The fourth-order valence-corrected chi connectivity index (χ4v) is 2.93. The number of hydrogen-bond acceptors (Lipinski definition) is 2. The second-order valence-corrected chi connectivity index (χ2v) is 5.14. The summed E-state index contributed by atoms with van der Waals surface area (Å²) in [7, 11) is -4.15. The van der Waals surface area contributed by atoms with Crippen molar-refractivity contribution in [3.05, 3.63) is 36.4 Å². The molecule has 0 aromatic heterocycles. The van der Waals surface area contributed by atoms with Gasteiger partial charge < -0.3 is 0 Å². The van der Waals surface area contributed by atoms with Crippen molar-refractivity contribution in [2.45, 2.75) is 4.90 Å². The monoisotopic (exact) mass is 234 g/mol. The van der Waals surface area contributed by atoms with Gasteiger partial charge in [-0.2, -0.15) is 8.42 Å². The van der Waals surface area contributed by atoms with Crippen LogP contribution in [-0.4, -0.2) is 29.3 Å². The van der Waals surface area contributed by atoms with E-state index in [-0.39, 0.29) is 4.90 Å². The molecule has 2 radical (unpaired) electrons. The van der Waals surface area contributed by atoms with Gasteiger partial charge >= 0.3 is 0 Å². The van der Waals surface area contributed by atoms with E-state index in [0.717, 1.165) is 10.8 Å². The zero-order chi connectivity index (χ0) is 11.1. The van der Waals surface area contributed by atoms with Crippen molar-refractivity contribution in [2.24, 2.45) is 0 Å². The maximum atomic E-state index is 11.0. The van der Waals surface area contributed by atoms with Crippen LogP contribution in [-0.2, 0) is 10.1 Å². The Labute approximate surface area is 95.9 Å². The first-order valence-electron chi connectivity index (χ1n) is 4.25. The highest BCUT2D eigenvalue weighted by atomic mass is 32.2. The number of hydrogen-bond donors (Lipinski definition) is 1. The van der Waals surface area contributed by atoms with Crippen molar-refractivity contribution in [1.82, 2.24) is 0 Å². The summed E-state index contributed by atoms with van der Waals surface area (Å²) in [4.78, 5) is -0.0637. The first-order valence-corrected chi connectivity index (χ1v) is 6.26. The Kier molecular flexibility index (Phi) is 2.57. The van der Waals surface area contributed by atoms with E-state index >= 15 is 0 Å². The Hall–Kier alpha value is -0.858. The lowest BCUT2D eigenvalue weighted by molar-refractivity contribution is 0.484. The topological polar surface area (TPSA) is 54.4 Å². The quantitative estimate of drug-likeness (QED) is 0.588. The molecule has 0 aliphatic heterocycles. The van der Waals surface area contributed by atoms with Crippen LogP contribution >= 0.6 is 0 Å². The Morgan fingerprint density at radius 2 is 1.73 bits per heavy atom. The van der Waals surface area contributed by atoms with E-state index in [4.69, 9.17) is 4.55 Å². The molecule has 0 amide bonds. The van der Waals surface area contributed by atoms with Crippen molar-refractivity contribution in [1.29, 1.82) is 0 Å². The van der Waals surface area contributed by atoms with Crippen LogP contribution in [0.25, 0.3) is 10.8 Å². The summed E-state index contributed by atoms with van der Waals surface area (Å²) in [6.45, 7) is 0. The Morgan fingerprint density at radius 3 is 2.40 bits per heavy atom. The SMILES string of the molecule is O=S(=O)(O)c1ccc2ccccc2[c]1[Al]. The fraction of sp³-hybridized carbons (Fsp3) is 0. The molecule has 2 aromatic rings. The van der Waals surface area contributed by atoms with Gasteiger partial charge in [0.25, 0.3) is 10.1 Å². The standard InChI is InChI=1S/C10H7O3S.Al/c11-14(12,13)10-6-5-8-3-1-2-4-9(8)7-10;/h1-6H,(H,11,12,13);. The van der Waals surface area contributed by atoms with Gasteiger partial charge in [0.15, 0.2) is 16.3 Å². The minimum absolute atomic E-state index is 0.0637. The molecule has 0 fully saturated rings. The number of fused-ring (bicyclic) bond motifs is 1. The van der Waals surface area contributed by atoms with Crippen molar-refractivity contribution in [3.8, 4) is 0 Å². The van der Waals surface area contributed by atoms with Crippen molar-refractivity contribution in [2.75, 3.05) is 0 Å². The van der Waals surface area contributed by atoms with Gasteiger partial charge in [-0.25, -0.2) is 0 Å². The zero-order valence-corrected chi connectivity index (χ0v) is 9.68.